The highest BCUT2D eigenvalue weighted by Crippen LogP contribution is 2.12. The van der Waals surface area contributed by atoms with Crippen LogP contribution in [-0.4, -0.2) is 71.2 Å². The molecule has 0 aliphatic heterocycles. The number of nitrogens with two attached hydrogens (primary N) is 2. The summed E-state index contributed by atoms with van der Waals surface area (Å²) in [5, 5.41) is 26.2. The molecule has 0 aliphatic rings. The van der Waals surface area contributed by atoms with Gasteiger partial charge in [0.1, 0.15) is 24.2 Å². The number of aliphatic hydroxyl groups excluding tert-OH is 1. The van der Waals surface area contributed by atoms with E-state index in [-0.39, 0.29) is 18.3 Å². The second-order valence-corrected chi connectivity index (χ2v) is 8.54. The molecule has 32 heavy (non-hydrogen) atoms. The maximum atomic E-state index is 13.0. The molecule has 0 radical (unpaired) electrons. The van der Waals surface area contributed by atoms with E-state index < -0.39 is 54.5 Å². The van der Waals surface area contributed by atoms with Crippen LogP contribution in [0, 0.1) is 11.8 Å². The molecular formula is C21H41N5O6. The van der Waals surface area contributed by atoms with Crippen molar-refractivity contribution in [2.45, 2.75) is 84.0 Å². The van der Waals surface area contributed by atoms with E-state index in [1.807, 2.05) is 20.8 Å². The number of hydrogen-bond donors (Lipinski definition) is 7. The van der Waals surface area contributed by atoms with Crippen molar-refractivity contribution in [1.29, 1.82) is 0 Å². The molecule has 0 fully saturated rings. The SMILES string of the molecule is CCC(C)C(NC(=O)C(CC(C)C)NC(=O)C(N)CO)C(=O)NC(CCCCN)C(=O)O. The van der Waals surface area contributed by atoms with E-state index >= 15 is 0 Å². The predicted octanol–water partition coefficient (Wildman–Crippen LogP) is -0.934. The highest BCUT2D eigenvalue weighted by molar-refractivity contribution is 5.94. The number of hydrogen-bond acceptors (Lipinski definition) is 7. The summed E-state index contributed by atoms with van der Waals surface area (Å²) in [6, 6.07) is -4.21. The Labute approximate surface area is 190 Å². The van der Waals surface area contributed by atoms with Crippen molar-refractivity contribution in [3.05, 3.63) is 0 Å². The zero-order valence-electron chi connectivity index (χ0n) is 19.6. The van der Waals surface area contributed by atoms with Crippen LogP contribution in [0.2, 0.25) is 0 Å². The summed E-state index contributed by atoms with van der Waals surface area (Å²) in [6.45, 7) is 7.22. The minimum absolute atomic E-state index is 0.0474. The molecule has 11 nitrogen and oxygen atoms in total. The third-order valence-electron chi connectivity index (χ3n) is 5.23. The monoisotopic (exact) mass is 459 g/mol. The van der Waals surface area contributed by atoms with Crippen molar-refractivity contribution in [1.82, 2.24) is 16.0 Å². The van der Waals surface area contributed by atoms with Crippen molar-refractivity contribution in [3.63, 3.8) is 0 Å². The normalized spacial score (nSPS) is 15.9. The molecule has 9 N–H and O–H groups in total. The molecule has 0 rings (SSSR count). The van der Waals surface area contributed by atoms with Gasteiger partial charge in [0, 0.05) is 0 Å². The molecule has 0 aromatic carbocycles. The lowest BCUT2D eigenvalue weighted by molar-refractivity contribution is -0.143. The Balaban J connectivity index is 5.45. The number of aliphatic carboxylic acids is 1. The molecular weight excluding hydrogens is 418 g/mol. The van der Waals surface area contributed by atoms with Crippen LogP contribution in [0.3, 0.4) is 0 Å². The van der Waals surface area contributed by atoms with Gasteiger partial charge in [-0.05, 0) is 44.1 Å². The van der Waals surface area contributed by atoms with Crippen LogP contribution >= 0.6 is 0 Å². The molecule has 0 spiro atoms. The second-order valence-electron chi connectivity index (χ2n) is 8.54. The van der Waals surface area contributed by atoms with Gasteiger partial charge in [-0.15, -0.1) is 0 Å². The van der Waals surface area contributed by atoms with Gasteiger partial charge in [0.15, 0.2) is 0 Å². The van der Waals surface area contributed by atoms with E-state index in [1.54, 1.807) is 6.92 Å². The zero-order valence-corrected chi connectivity index (χ0v) is 19.6. The first kappa shape index (κ1) is 29.8. The third kappa shape index (κ3) is 10.9. The van der Waals surface area contributed by atoms with Crippen molar-refractivity contribution in [2.24, 2.45) is 23.3 Å². The first-order valence-electron chi connectivity index (χ1n) is 11.2. The number of unbranched alkanes of at least 4 members (excludes halogenated alkanes) is 1. The summed E-state index contributed by atoms with van der Waals surface area (Å²) in [4.78, 5) is 49.5. The number of carbonyl (C=O) groups excluding carboxylic acids is 3. The molecule has 0 aromatic heterocycles. The van der Waals surface area contributed by atoms with Gasteiger partial charge in [-0.2, -0.15) is 0 Å². The van der Waals surface area contributed by atoms with Crippen LogP contribution in [0.4, 0.5) is 0 Å². The van der Waals surface area contributed by atoms with Gasteiger partial charge in [-0.25, -0.2) is 4.79 Å². The van der Waals surface area contributed by atoms with Gasteiger partial charge >= 0.3 is 5.97 Å². The molecule has 0 aliphatic carbocycles. The Morgan fingerprint density at radius 1 is 0.906 bits per heavy atom. The summed E-state index contributed by atoms with van der Waals surface area (Å²) in [7, 11) is 0. The Morgan fingerprint density at radius 3 is 1.97 bits per heavy atom. The standard InChI is InChI=1S/C21H41N5O6/c1-5-13(4)17(20(30)24-15(21(31)32)8-6-7-9-22)26-19(29)16(10-12(2)3)25-18(28)14(23)11-27/h12-17,27H,5-11,22-23H2,1-4H3,(H,24,30)(H,25,28)(H,26,29)(H,31,32). The number of nitrogens with one attached hydrogen (secondary N) is 3. The predicted molar refractivity (Wildman–Crippen MR) is 120 cm³/mol. The van der Waals surface area contributed by atoms with Crippen molar-refractivity contribution in [3.8, 4) is 0 Å². The summed E-state index contributed by atoms with van der Waals surface area (Å²) in [6.07, 6.45) is 2.26. The van der Waals surface area contributed by atoms with E-state index in [2.05, 4.69) is 16.0 Å². The Kier molecular flexibility index (Phi) is 14.5. The van der Waals surface area contributed by atoms with Gasteiger partial charge in [0.2, 0.25) is 17.7 Å². The van der Waals surface area contributed by atoms with Crippen LogP contribution < -0.4 is 27.4 Å². The Morgan fingerprint density at radius 2 is 1.50 bits per heavy atom. The van der Waals surface area contributed by atoms with Gasteiger partial charge in [0.25, 0.3) is 0 Å². The molecule has 0 saturated heterocycles. The fourth-order valence-corrected chi connectivity index (χ4v) is 3.03. The minimum Gasteiger partial charge on any atom is -0.480 e. The lowest BCUT2D eigenvalue weighted by Gasteiger charge is -2.28. The van der Waals surface area contributed by atoms with Crippen LogP contribution in [0.5, 0.6) is 0 Å². The highest BCUT2D eigenvalue weighted by atomic mass is 16.4. The first-order chi connectivity index (χ1) is 15.0. The summed E-state index contributed by atoms with van der Waals surface area (Å²) in [5.74, 6) is -3.25. The van der Waals surface area contributed by atoms with E-state index in [0.29, 0.717) is 32.2 Å². The maximum Gasteiger partial charge on any atom is 0.326 e. The molecule has 0 heterocycles. The number of carboxylic acid groups (broad SMARTS) is 1. The van der Waals surface area contributed by atoms with Gasteiger partial charge in [0.05, 0.1) is 6.61 Å². The van der Waals surface area contributed by atoms with E-state index in [1.165, 1.54) is 0 Å². The van der Waals surface area contributed by atoms with Crippen LogP contribution in [0.25, 0.3) is 0 Å². The fourth-order valence-electron chi connectivity index (χ4n) is 3.03. The maximum absolute atomic E-state index is 13.0. The van der Waals surface area contributed by atoms with Gasteiger partial charge < -0.3 is 37.6 Å². The second kappa shape index (κ2) is 15.5. The average Bonchev–Trinajstić information content (AvgIpc) is 2.74. The van der Waals surface area contributed by atoms with Crippen molar-refractivity contribution < 1.29 is 29.4 Å². The number of carboxylic acids is 1. The number of carbonyl (C=O) groups is 4. The van der Waals surface area contributed by atoms with E-state index in [9.17, 15) is 24.3 Å². The third-order valence-corrected chi connectivity index (χ3v) is 5.23. The van der Waals surface area contributed by atoms with Gasteiger partial charge in [-0.3, -0.25) is 14.4 Å². The average molecular weight is 460 g/mol. The quantitative estimate of drug-likeness (QED) is 0.144. The largest absolute Gasteiger partial charge is 0.480 e. The number of amides is 3. The Hall–Kier alpha value is -2.24. The van der Waals surface area contributed by atoms with Crippen LogP contribution in [0.15, 0.2) is 0 Å². The number of rotatable bonds is 16. The Bertz CT molecular complexity index is 615. The first-order valence-corrected chi connectivity index (χ1v) is 11.2. The summed E-state index contributed by atoms with van der Waals surface area (Å²) in [5.41, 5.74) is 11.0. The molecule has 11 heteroatoms. The number of aliphatic hydroxyl groups is 1. The topological polar surface area (TPSA) is 197 Å². The molecule has 5 atom stereocenters. The fraction of sp³-hybridized carbons (Fsp3) is 0.810. The summed E-state index contributed by atoms with van der Waals surface area (Å²) < 4.78 is 0. The minimum atomic E-state index is -1.17. The molecule has 5 unspecified atom stereocenters. The summed E-state index contributed by atoms with van der Waals surface area (Å²) >= 11 is 0. The molecule has 186 valence electrons. The lowest BCUT2D eigenvalue weighted by atomic mass is 9.96. The smallest absolute Gasteiger partial charge is 0.326 e. The molecule has 0 aromatic rings. The van der Waals surface area contributed by atoms with Gasteiger partial charge in [-0.1, -0.05) is 34.1 Å². The lowest BCUT2D eigenvalue weighted by Crippen LogP contribution is -2.59. The van der Waals surface area contributed by atoms with Crippen molar-refractivity contribution in [2.75, 3.05) is 13.2 Å². The molecule has 3 amide bonds. The van der Waals surface area contributed by atoms with Crippen LogP contribution in [0.1, 0.15) is 59.8 Å². The zero-order chi connectivity index (χ0) is 24.8. The van der Waals surface area contributed by atoms with E-state index in [0.717, 1.165) is 0 Å². The van der Waals surface area contributed by atoms with Crippen molar-refractivity contribution >= 4 is 23.7 Å². The highest BCUT2D eigenvalue weighted by Gasteiger charge is 2.32. The van der Waals surface area contributed by atoms with E-state index in [4.69, 9.17) is 16.6 Å². The molecule has 0 saturated carbocycles. The molecule has 0 bridgehead atoms. The van der Waals surface area contributed by atoms with Crippen LogP contribution in [-0.2, 0) is 19.2 Å².